The second-order valence-electron chi connectivity index (χ2n) is 7.71. The lowest BCUT2D eigenvalue weighted by atomic mass is 10.1. The zero-order valence-corrected chi connectivity index (χ0v) is 18.5. The quantitative estimate of drug-likeness (QED) is 0.649. The second kappa shape index (κ2) is 8.59. The van der Waals surface area contributed by atoms with Crippen LogP contribution in [0.1, 0.15) is 20.7 Å². The molecule has 2 aliphatic rings. The molecule has 32 heavy (non-hydrogen) atoms. The molecule has 0 aliphatic carbocycles. The van der Waals surface area contributed by atoms with Crippen molar-refractivity contribution in [1.82, 2.24) is 4.90 Å². The fourth-order valence-corrected chi connectivity index (χ4v) is 5.14. The summed E-state index contributed by atoms with van der Waals surface area (Å²) in [7, 11) is 1.67. The van der Waals surface area contributed by atoms with Crippen molar-refractivity contribution in [3.05, 3.63) is 77.9 Å². The first-order valence-corrected chi connectivity index (χ1v) is 11.4. The lowest BCUT2D eigenvalue weighted by molar-refractivity contribution is 0.0746. The molecule has 162 valence electrons. The van der Waals surface area contributed by atoms with E-state index in [0.717, 1.165) is 34.3 Å². The van der Waals surface area contributed by atoms with Crippen LogP contribution in [0.15, 0.2) is 76.5 Å². The maximum absolute atomic E-state index is 13.2. The highest BCUT2D eigenvalue weighted by molar-refractivity contribution is 7.99. The van der Waals surface area contributed by atoms with Gasteiger partial charge in [0.1, 0.15) is 5.75 Å². The van der Waals surface area contributed by atoms with Gasteiger partial charge in [-0.25, -0.2) is 0 Å². The lowest BCUT2D eigenvalue weighted by Crippen LogP contribution is -2.48. The van der Waals surface area contributed by atoms with Gasteiger partial charge < -0.3 is 19.9 Å². The van der Waals surface area contributed by atoms with Crippen LogP contribution >= 0.6 is 11.8 Å². The van der Waals surface area contributed by atoms with Gasteiger partial charge in [0.25, 0.3) is 11.8 Å². The van der Waals surface area contributed by atoms with E-state index in [9.17, 15) is 9.59 Å². The van der Waals surface area contributed by atoms with E-state index in [2.05, 4.69) is 10.2 Å². The number of anilines is 2. The Morgan fingerprint density at radius 2 is 1.69 bits per heavy atom. The van der Waals surface area contributed by atoms with Gasteiger partial charge in [-0.05, 0) is 42.5 Å². The summed E-state index contributed by atoms with van der Waals surface area (Å²) in [6.07, 6.45) is 0. The Kier molecular flexibility index (Phi) is 5.49. The third kappa shape index (κ3) is 3.80. The van der Waals surface area contributed by atoms with Gasteiger partial charge in [0.2, 0.25) is 0 Å². The molecule has 7 heteroatoms. The number of carbonyl (C=O) groups excluding carboxylic acids is 2. The molecule has 2 amide bonds. The Hall–Kier alpha value is -3.45. The van der Waals surface area contributed by atoms with E-state index in [-0.39, 0.29) is 11.8 Å². The predicted molar refractivity (Wildman–Crippen MR) is 126 cm³/mol. The minimum atomic E-state index is -0.151. The molecule has 0 unspecified atom stereocenters. The van der Waals surface area contributed by atoms with E-state index in [1.54, 1.807) is 13.2 Å². The van der Waals surface area contributed by atoms with Crippen LogP contribution < -0.4 is 15.0 Å². The SMILES string of the molecule is COc1ccccc1N1CCN(C(=O)c2ccc3c(c2)NC(=O)c2ccccc2S3)CC1. The van der Waals surface area contributed by atoms with Crippen LogP contribution in [0.25, 0.3) is 0 Å². The molecular formula is C25H23N3O3S. The first kappa shape index (κ1) is 20.5. The maximum Gasteiger partial charge on any atom is 0.256 e. The molecule has 0 saturated carbocycles. The van der Waals surface area contributed by atoms with Crippen molar-refractivity contribution in [3.8, 4) is 5.75 Å². The molecule has 0 atom stereocenters. The number of fused-ring (bicyclic) bond motifs is 2. The molecule has 3 aromatic rings. The van der Waals surface area contributed by atoms with E-state index >= 15 is 0 Å². The molecule has 2 heterocycles. The van der Waals surface area contributed by atoms with Gasteiger partial charge in [0, 0.05) is 41.5 Å². The fraction of sp³-hybridized carbons (Fsp3) is 0.200. The normalized spacial score (nSPS) is 15.3. The molecular weight excluding hydrogens is 422 g/mol. The minimum absolute atomic E-state index is 0.0199. The average Bonchev–Trinajstić information content (AvgIpc) is 2.99. The Balaban J connectivity index is 1.31. The molecule has 5 rings (SSSR count). The van der Waals surface area contributed by atoms with Crippen molar-refractivity contribution in [3.63, 3.8) is 0 Å². The highest BCUT2D eigenvalue weighted by Crippen LogP contribution is 2.39. The van der Waals surface area contributed by atoms with Gasteiger partial charge in [-0.1, -0.05) is 36.0 Å². The first-order valence-electron chi connectivity index (χ1n) is 10.5. The first-order chi connectivity index (χ1) is 15.6. The maximum atomic E-state index is 13.2. The Morgan fingerprint density at radius 3 is 2.50 bits per heavy atom. The van der Waals surface area contributed by atoms with Crippen molar-refractivity contribution >= 4 is 35.0 Å². The summed E-state index contributed by atoms with van der Waals surface area (Å²) >= 11 is 1.54. The van der Waals surface area contributed by atoms with E-state index < -0.39 is 0 Å². The smallest absolute Gasteiger partial charge is 0.256 e. The summed E-state index contributed by atoms with van der Waals surface area (Å²) in [4.78, 5) is 31.8. The molecule has 0 radical (unpaired) electrons. The molecule has 2 aliphatic heterocycles. The number of methoxy groups -OCH3 is 1. The summed E-state index contributed by atoms with van der Waals surface area (Å²) in [6.45, 7) is 2.72. The van der Waals surface area contributed by atoms with Gasteiger partial charge in [-0.2, -0.15) is 0 Å². The van der Waals surface area contributed by atoms with Crippen molar-refractivity contribution in [1.29, 1.82) is 0 Å². The van der Waals surface area contributed by atoms with Gasteiger partial charge in [0.15, 0.2) is 0 Å². The van der Waals surface area contributed by atoms with Crippen LogP contribution in [0.4, 0.5) is 11.4 Å². The second-order valence-corrected chi connectivity index (χ2v) is 8.80. The summed E-state index contributed by atoms with van der Waals surface area (Å²) in [5, 5.41) is 2.97. The van der Waals surface area contributed by atoms with Gasteiger partial charge in [-0.15, -0.1) is 0 Å². The number of rotatable bonds is 3. The van der Waals surface area contributed by atoms with E-state index in [0.29, 0.717) is 29.9 Å². The van der Waals surface area contributed by atoms with Crippen LogP contribution in [-0.4, -0.2) is 50.0 Å². The molecule has 1 N–H and O–H groups in total. The number of hydrogen-bond acceptors (Lipinski definition) is 5. The van der Waals surface area contributed by atoms with E-state index in [4.69, 9.17) is 4.74 Å². The number of hydrogen-bond donors (Lipinski definition) is 1. The average molecular weight is 446 g/mol. The van der Waals surface area contributed by atoms with Crippen LogP contribution in [0.3, 0.4) is 0 Å². The number of para-hydroxylation sites is 2. The van der Waals surface area contributed by atoms with Gasteiger partial charge in [0.05, 0.1) is 24.0 Å². The van der Waals surface area contributed by atoms with E-state index in [1.807, 2.05) is 65.6 Å². The third-order valence-electron chi connectivity index (χ3n) is 5.82. The van der Waals surface area contributed by atoms with Crippen LogP contribution in [0.2, 0.25) is 0 Å². The molecule has 0 spiro atoms. The zero-order valence-electron chi connectivity index (χ0n) is 17.7. The highest BCUT2D eigenvalue weighted by Gasteiger charge is 2.25. The number of piperazine rings is 1. The number of nitrogens with zero attached hydrogens (tertiary/aromatic N) is 2. The van der Waals surface area contributed by atoms with Crippen LogP contribution in [0, 0.1) is 0 Å². The third-order valence-corrected chi connectivity index (χ3v) is 6.97. The predicted octanol–water partition coefficient (Wildman–Crippen LogP) is 4.37. The fourth-order valence-electron chi connectivity index (χ4n) is 4.13. The van der Waals surface area contributed by atoms with Crippen molar-refractivity contribution in [2.24, 2.45) is 0 Å². The van der Waals surface area contributed by atoms with Crippen LogP contribution in [-0.2, 0) is 0 Å². The number of carbonyl (C=O) groups is 2. The van der Waals surface area contributed by atoms with Crippen molar-refractivity contribution in [2.45, 2.75) is 9.79 Å². The Morgan fingerprint density at radius 1 is 0.938 bits per heavy atom. The van der Waals surface area contributed by atoms with E-state index in [1.165, 1.54) is 11.8 Å². The number of nitrogens with one attached hydrogen (secondary N) is 1. The minimum Gasteiger partial charge on any atom is -0.495 e. The summed E-state index contributed by atoms with van der Waals surface area (Å²) in [6, 6.07) is 21.0. The Labute approximate surface area is 191 Å². The number of ether oxygens (including phenoxy) is 1. The van der Waals surface area contributed by atoms with Crippen molar-refractivity contribution < 1.29 is 14.3 Å². The molecule has 3 aromatic carbocycles. The standard InChI is InChI=1S/C25H23N3O3S/c1-31-21-8-4-3-7-20(21)27-12-14-28(15-13-27)25(30)17-10-11-23-19(16-17)26-24(29)18-6-2-5-9-22(18)32-23/h2-11,16H,12-15H2,1H3,(H,26,29). The topological polar surface area (TPSA) is 61.9 Å². The zero-order chi connectivity index (χ0) is 22.1. The monoisotopic (exact) mass is 445 g/mol. The molecule has 6 nitrogen and oxygen atoms in total. The van der Waals surface area contributed by atoms with Gasteiger partial charge in [-0.3, -0.25) is 9.59 Å². The molecule has 0 aromatic heterocycles. The largest absolute Gasteiger partial charge is 0.495 e. The molecule has 1 fully saturated rings. The highest BCUT2D eigenvalue weighted by atomic mass is 32.2. The lowest BCUT2D eigenvalue weighted by Gasteiger charge is -2.36. The summed E-state index contributed by atoms with van der Waals surface area (Å²) in [5.41, 5.74) is 2.96. The summed E-state index contributed by atoms with van der Waals surface area (Å²) < 4.78 is 5.48. The Bertz CT molecular complexity index is 1190. The van der Waals surface area contributed by atoms with Crippen molar-refractivity contribution in [2.75, 3.05) is 43.5 Å². The number of amides is 2. The van der Waals surface area contributed by atoms with Gasteiger partial charge >= 0.3 is 0 Å². The number of benzene rings is 3. The molecule has 1 saturated heterocycles. The summed E-state index contributed by atoms with van der Waals surface area (Å²) in [5.74, 6) is 0.669. The van der Waals surface area contributed by atoms with Crippen LogP contribution in [0.5, 0.6) is 5.75 Å². The molecule has 0 bridgehead atoms.